The molecule has 2 heteroatoms. The van der Waals surface area contributed by atoms with Crippen molar-refractivity contribution in [3.63, 3.8) is 0 Å². The minimum absolute atomic E-state index is 0.486. The van der Waals surface area contributed by atoms with Gasteiger partial charge in [-0.3, -0.25) is 0 Å². The van der Waals surface area contributed by atoms with Gasteiger partial charge in [-0.15, -0.1) is 0 Å². The zero-order valence-electron chi connectivity index (χ0n) is 6.68. The van der Waals surface area contributed by atoms with Crippen molar-refractivity contribution < 1.29 is 26.0 Å². The quantitative estimate of drug-likeness (QED) is 0.453. The molecule has 0 aromatic heterocycles. The van der Waals surface area contributed by atoms with Crippen molar-refractivity contribution in [3.05, 3.63) is 0 Å². The molecule has 0 N–H and O–H groups in total. The van der Waals surface area contributed by atoms with Gasteiger partial charge in [0.05, 0.1) is 0 Å². The first kappa shape index (κ1) is 8.02. The van der Waals surface area contributed by atoms with Crippen LogP contribution in [0.2, 0.25) is 0 Å². The molecule has 1 nitrogen and oxygen atoms in total. The first-order valence-electron chi connectivity index (χ1n) is 4.46. The fourth-order valence-electron chi connectivity index (χ4n) is 1.80. The number of carbonyl (C=O) groups excluding carboxylic acids is 1. The molecule has 2 rings (SSSR count). The van der Waals surface area contributed by atoms with E-state index in [9.17, 15) is 4.79 Å². The van der Waals surface area contributed by atoms with E-state index >= 15 is 0 Å². The van der Waals surface area contributed by atoms with Gasteiger partial charge in [0.25, 0.3) is 0 Å². The van der Waals surface area contributed by atoms with Gasteiger partial charge in [0, 0.05) is 0 Å². The Kier molecular flexibility index (Phi) is 2.49. The van der Waals surface area contributed by atoms with Gasteiger partial charge in [-0.1, -0.05) is 0 Å². The molecule has 1 heterocycles. The van der Waals surface area contributed by atoms with Crippen molar-refractivity contribution in [1.29, 1.82) is 0 Å². The third kappa shape index (κ3) is 2.17. The second-order valence-electron chi connectivity index (χ2n) is 3.56. The van der Waals surface area contributed by atoms with Gasteiger partial charge < -0.3 is 0 Å². The predicted molar refractivity (Wildman–Crippen MR) is 40.2 cm³/mol. The summed E-state index contributed by atoms with van der Waals surface area (Å²) in [6.45, 7) is 0. The van der Waals surface area contributed by atoms with Crippen molar-refractivity contribution in [1.82, 2.24) is 0 Å². The molecule has 1 atom stereocenters. The van der Waals surface area contributed by atoms with E-state index in [-0.39, 0.29) is 0 Å². The number of rotatable bonds is 3. The molecule has 0 aromatic rings. The summed E-state index contributed by atoms with van der Waals surface area (Å²) in [6, 6.07) is 0. The van der Waals surface area contributed by atoms with E-state index in [4.69, 9.17) is 0 Å². The van der Waals surface area contributed by atoms with E-state index < -0.39 is 0 Å². The fourth-order valence-corrected chi connectivity index (χ4v) is 3.22. The van der Waals surface area contributed by atoms with Crippen LogP contribution in [0, 0.1) is 5.92 Å². The van der Waals surface area contributed by atoms with Gasteiger partial charge in [-0.2, -0.15) is 0 Å². The summed E-state index contributed by atoms with van der Waals surface area (Å²) >= 11 is 0.504. The van der Waals surface area contributed by atoms with E-state index in [0.29, 0.717) is 32.9 Å². The number of alkyl halides is 2. The Hall–Kier alpha value is 0.400. The van der Waals surface area contributed by atoms with Crippen LogP contribution in [0.25, 0.3) is 0 Å². The Bertz CT molecular complexity index is 157. The molecular weight excluding hydrogens is 251 g/mol. The standard InChI is InChI=1S/C9H14IO/c11-9(5-8-6-10-8)7-3-1-2-4-7/h7-8H,1-6H2/q-1. The molecule has 1 aliphatic heterocycles. The average molecular weight is 265 g/mol. The Balaban J connectivity index is 1.77. The normalized spacial score (nSPS) is 31.5. The molecule has 0 aromatic carbocycles. The number of halogens is 1. The van der Waals surface area contributed by atoms with Gasteiger partial charge in [-0.05, 0) is 0 Å². The summed E-state index contributed by atoms with van der Waals surface area (Å²) in [5, 5.41) is 0. The molecule has 0 radical (unpaired) electrons. The summed E-state index contributed by atoms with van der Waals surface area (Å²) < 4.78 is 2.33. The number of ketones is 1. The van der Waals surface area contributed by atoms with Crippen LogP contribution in [0.1, 0.15) is 32.1 Å². The molecule has 1 saturated heterocycles. The van der Waals surface area contributed by atoms with Crippen LogP contribution in [-0.4, -0.2) is 14.1 Å². The molecule has 0 spiro atoms. The van der Waals surface area contributed by atoms with Gasteiger partial charge in [0.15, 0.2) is 0 Å². The molecule has 1 saturated carbocycles. The number of hydrogen-bond donors (Lipinski definition) is 0. The van der Waals surface area contributed by atoms with E-state index in [1.54, 1.807) is 0 Å². The van der Waals surface area contributed by atoms with Crippen molar-refractivity contribution in [2.75, 3.05) is 4.43 Å². The molecule has 11 heavy (non-hydrogen) atoms. The zero-order valence-corrected chi connectivity index (χ0v) is 8.84. The Labute approximate surface area is 78.2 Å². The Morgan fingerprint density at radius 1 is 1.36 bits per heavy atom. The third-order valence-electron chi connectivity index (χ3n) is 2.61. The SMILES string of the molecule is O=C(CC1C[I-]1)C1CCCC1. The van der Waals surface area contributed by atoms with Gasteiger partial charge in [-0.25, -0.2) is 0 Å². The topological polar surface area (TPSA) is 17.1 Å². The summed E-state index contributed by atoms with van der Waals surface area (Å²) in [5.74, 6) is 1.09. The van der Waals surface area contributed by atoms with Gasteiger partial charge >= 0.3 is 78.2 Å². The van der Waals surface area contributed by atoms with Crippen molar-refractivity contribution in [3.8, 4) is 0 Å². The van der Waals surface area contributed by atoms with Crippen LogP contribution in [0.15, 0.2) is 0 Å². The van der Waals surface area contributed by atoms with E-state index in [0.717, 1.165) is 10.3 Å². The molecule has 64 valence electrons. The first-order valence-corrected chi connectivity index (χ1v) is 7.24. The Morgan fingerprint density at radius 2 is 2.00 bits per heavy atom. The van der Waals surface area contributed by atoms with E-state index in [2.05, 4.69) is 0 Å². The number of hydrogen-bond acceptors (Lipinski definition) is 1. The van der Waals surface area contributed by atoms with Crippen LogP contribution in [-0.2, 0) is 4.79 Å². The summed E-state index contributed by atoms with van der Waals surface area (Å²) in [5.41, 5.74) is 0. The monoisotopic (exact) mass is 265 g/mol. The average Bonchev–Trinajstić information content (AvgIpc) is 2.67. The summed E-state index contributed by atoms with van der Waals surface area (Å²) in [7, 11) is 0. The summed E-state index contributed by atoms with van der Waals surface area (Å²) in [4.78, 5) is 11.5. The first-order chi connectivity index (χ1) is 5.36. The maximum absolute atomic E-state index is 11.5. The molecule has 1 aliphatic carbocycles. The van der Waals surface area contributed by atoms with Gasteiger partial charge in [0.1, 0.15) is 0 Å². The van der Waals surface area contributed by atoms with Gasteiger partial charge in [0.2, 0.25) is 0 Å². The minimum atomic E-state index is 0.486. The summed E-state index contributed by atoms with van der Waals surface area (Å²) in [6.07, 6.45) is 5.96. The van der Waals surface area contributed by atoms with Crippen molar-refractivity contribution >= 4 is 5.78 Å². The van der Waals surface area contributed by atoms with Crippen molar-refractivity contribution in [2.24, 2.45) is 5.92 Å². The number of carbonyl (C=O) groups is 1. The zero-order chi connectivity index (χ0) is 7.68. The van der Waals surface area contributed by atoms with Crippen LogP contribution in [0.5, 0.6) is 0 Å². The second kappa shape index (κ2) is 3.42. The molecule has 0 amide bonds. The third-order valence-corrected chi connectivity index (χ3v) is 5.17. The van der Waals surface area contributed by atoms with Crippen molar-refractivity contribution in [2.45, 2.75) is 36.0 Å². The molecular formula is C9H14IO-. The Morgan fingerprint density at radius 3 is 2.55 bits per heavy atom. The van der Waals surface area contributed by atoms with E-state index in [1.165, 1.54) is 30.1 Å². The molecule has 0 bridgehead atoms. The fraction of sp³-hybridized carbons (Fsp3) is 0.889. The number of Topliss-reactive ketones (excluding diaryl/α,β-unsaturated/α-hetero) is 1. The van der Waals surface area contributed by atoms with Crippen LogP contribution in [0.4, 0.5) is 0 Å². The van der Waals surface area contributed by atoms with Crippen LogP contribution < -0.4 is 21.2 Å². The van der Waals surface area contributed by atoms with Crippen LogP contribution in [0.3, 0.4) is 0 Å². The predicted octanol–water partition coefficient (Wildman–Crippen LogP) is -1.39. The second-order valence-corrected chi connectivity index (χ2v) is 7.08. The van der Waals surface area contributed by atoms with E-state index in [1.807, 2.05) is 0 Å². The molecule has 1 unspecified atom stereocenters. The van der Waals surface area contributed by atoms with Crippen LogP contribution >= 0.6 is 0 Å². The molecule has 2 fully saturated rings. The maximum atomic E-state index is 11.5. The molecule has 2 aliphatic rings.